The summed E-state index contributed by atoms with van der Waals surface area (Å²) < 4.78 is 23.5. The third-order valence-corrected chi connectivity index (χ3v) is 6.58. The fourth-order valence-corrected chi connectivity index (χ4v) is 5.73. The topological polar surface area (TPSA) is 40.2 Å². The lowest BCUT2D eigenvalue weighted by Crippen LogP contribution is -2.43. The van der Waals surface area contributed by atoms with Crippen LogP contribution in [0, 0.1) is 5.92 Å². The first-order chi connectivity index (χ1) is 11.6. The predicted octanol–water partition coefficient (Wildman–Crippen LogP) is 2.63. The maximum Gasteiger partial charge on any atom is 0.231 e. The summed E-state index contributed by atoms with van der Waals surface area (Å²) >= 11 is 0. The molecule has 0 amide bonds. The van der Waals surface area contributed by atoms with Gasteiger partial charge in [-0.15, -0.1) is 0 Å². The Morgan fingerprint density at radius 2 is 1.79 bits per heavy atom. The van der Waals surface area contributed by atoms with E-state index in [4.69, 9.17) is 18.9 Å². The van der Waals surface area contributed by atoms with Gasteiger partial charge in [0.05, 0.1) is 12.2 Å². The van der Waals surface area contributed by atoms with Crippen molar-refractivity contribution in [1.82, 2.24) is 4.90 Å². The molecule has 5 aliphatic rings. The Bertz CT molecular complexity index is 718. The number of nitrogens with zero attached hydrogens (tertiary/aromatic N) is 1. The minimum atomic E-state index is -0.428. The van der Waals surface area contributed by atoms with Crippen molar-refractivity contribution in [2.75, 3.05) is 13.3 Å². The molecule has 5 heteroatoms. The van der Waals surface area contributed by atoms with Crippen molar-refractivity contribution in [3.8, 4) is 11.5 Å². The molecule has 5 nitrogen and oxygen atoms in total. The summed E-state index contributed by atoms with van der Waals surface area (Å²) in [5, 5.41) is 0. The molecule has 128 valence electrons. The Morgan fingerprint density at radius 1 is 1.04 bits per heavy atom. The molecule has 1 aromatic rings. The summed E-state index contributed by atoms with van der Waals surface area (Å²) in [4.78, 5) is 2.66. The second kappa shape index (κ2) is 4.45. The third-order valence-electron chi connectivity index (χ3n) is 6.58. The van der Waals surface area contributed by atoms with E-state index < -0.39 is 5.79 Å². The van der Waals surface area contributed by atoms with Crippen LogP contribution in [-0.4, -0.2) is 42.3 Å². The Morgan fingerprint density at radius 3 is 2.62 bits per heavy atom. The molecule has 6 atom stereocenters. The molecule has 0 aromatic heterocycles. The number of fused-ring (bicyclic) bond motifs is 9. The fourth-order valence-electron chi connectivity index (χ4n) is 5.73. The van der Waals surface area contributed by atoms with Crippen molar-refractivity contribution in [3.63, 3.8) is 0 Å². The van der Waals surface area contributed by atoms with E-state index in [1.165, 1.54) is 11.1 Å². The van der Waals surface area contributed by atoms with Gasteiger partial charge in [0.25, 0.3) is 0 Å². The lowest BCUT2D eigenvalue weighted by molar-refractivity contribution is -0.146. The average molecular weight is 329 g/mol. The van der Waals surface area contributed by atoms with Crippen LogP contribution in [0.3, 0.4) is 0 Å². The molecule has 1 unspecified atom stereocenters. The first-order valence-corrected chi connectivity index (χ1v) is 9.09. The van der Waals surface area contributed by atoms with E-state index in [0.29, 0.717) is 24.7 Å². The molecule has 24 heavy (non-hydrogen) atoms. The van der Waals surface area contributed by atoms with Crippen LogP contribution in [0.1, 0.15) is 43.7 Å². The Balaban J connectivity index is 1.36. The Hall–Kier alpha value is -1.30. The normalized spacial score (nSPS) is 43.2. The van der Waals surface area contributed by atoms with Gasteiger partial charge in [-0.3, -0.25) is 4.90 Å². The number of hydrogen-bond donors (Lipinski definition) is 0. The van der Waals surface area contributed by atoms with Crippen LogP contribution in [-0.2, 0) is 16.0 Å². The second-order valence-electron chi connectivity index (χ2n) is 8.36. The Labute approximate surface area is 141 Å². The van der Waals surface area contributed by atoms with Crippen molar-refractivity contribution in [2.24, 2.45) is 5.92 Å². The number of rotatable bonds is 0. The lowest BCUT2D eigenvalue weighted by atomic mass is 9.75. The largest absolute Gasteiger partial charge is 0.454 e. The van der Waals surface area contributed by atoms with E-state index >= 15 is 0 Å². The minimum absolute atomic E-state index is 0.249. The second-order valence-corrected chi connectivity index (χ2v) is 8.36. The summed E-state index contributed by atoms with van der Waals surface area (Å²) in [5.74, 6) is 2.64. The molecule has 6 rings (SSSR count). The van der Waals surface area contributed by atoms with E-state index in [0.717, 1.165) is 37.4 Å². The van der Waals surface area contributed by atoms with Gasteiger partial charge in [-0.05, 0) is 55.9 Å². The first kappa shape index (κ1) is 13.9. The van der Waals surface area contributed by atoms with Crippen molar-refractivity contribution in [3.05, 3.63) is 23.3 Å². The van der Waals surface area contributed by atoms with Gasteiger partial charge in [-0.1, -0.05) is 0 Å². The first-order valence-electron chi connectivity index (χ1n) is 9.09. The summed E-state index contributed by atoms with van der Waals surface area (Å²) in [5.41, 5.74) is 2.89. The monoisotopic (exact) mass is 329 g/mol. The predicted molar refractivity (Wildman–Crippen MR) is 86.1 cm³/mol. The zero-order valence-corrected chi connectivity index (χ0v) is 14.2. The van der Waals surface area contributed by atoms with Gasteiger partial charge in [0.2, 0.25) is 6.79 Å². The zero-order chi connectivity index (χ0) is 16.1. The third kappa shape index (κ3) is 1.81. The van der Waals surface area contributed by atoms with Crippen LogP contribution in [0.4, 0.5) is 0 Å². The standard InChI is InChI=1S/C19H23NO4/c1-19(2)23-17-5-12-13-8-20(14(12)6-18(17)24-19)7-10-3-15-16(4-11(10)13)22-9-21-15/h3-4,12-14,17-18H,5-9H2,1-2H3/t12-,13-,14-,17+,18-/m0/s1. The highest BCUT2D eigenvalue weighted by Crippen LogP contribution is 2.53. The number of hydrogen-bond acceptors (Lipinski definition) is 5. The summed E-state index contributed by atoms with van der Waals surface area (Å²) in [6.45, 7) is 6.61. The summed E-state index contributed by atoms with van der Waals surface area (Å²) in [6.07, 6.45) is 2.70. The molecule has 2 bridgehead atoms. The van der Waals surface area contributed by atoms with Gasteiger partial charge < -0.3 is 18.9 Å². The lowest BCUT2D eigenvalue weighted by Gasteiger charge is -2.36. The molecule has 1 saturated carbocycles. The average Bonchev–Trinajstić information content (AvgIpc) is 3.18. The molecular formula is C19H23NO4. The smallest absolute Gasteiger partial charge is 0.231 e. The van der Waals surface area contributed by atoms with Gasteiger partial charge in [-0.25, -0.2) is 0 Å². The van der Waals surface area contributed by atoms with E-state index in [9.17, 15) is 0 Å². The van der Waals surface area contributed by atoms with Gasteiger partial charge in [0.1, 0.15) is 0 Å². The molecule has 4 heterocycles. The maximum absolute atomic E-state index is 6.19. The molecule has 4 aliphatic heterocycles. The van der Waals surface area contributed by atoms with Crippen molar-refractivity contribution < 1.29 is 18.9 Å². The molecule has 0 radical (unpaired) electrons. The van der Waals surface area contributed by atoms with Gasteiger partial charge >= 0.3 is 0 Å². The van der Waals surface area contributed by atoms with Gasteiger partial charge in [0.15, 0.2) is 17.3 Å². The molecular weight excluding hydrogens is 306 g/mol. The molecule has 0 N–H and O–H groups in total. The molecule has 1 aliphatic carbocycles. The van der Waals surface area contributed by atoms with Crippen molar-refractivity contribution in [1.29, 1.82) is 0 Å². The zero-order valence-electron chi connectivity index (χ0n) is 14.2. The minimum Gasteiger partial charge on any atom is -0.454 e. The van der Waals surface area contributed by atoms with E-state index in [1.807, 2.05) is 13.8 Å². The van der Waals surface area contributed by atoms with Crippen LogP contribution >= 0.6 is 0 Å². The molecule has 1 aromatic carbocycles. The van der Waals surface area contributed by atoms with Crippen LogP contribution in [0.15, 0.2) is 12.1 Å². The van der Waals surface area contributed by atoms with Crippen LogP contribution in [0.5, 0.6) is 11.5 Å². The summed E-state index contributed by atoms with van der Waals surface area (Å²) in [6, 6.07) is 5.05. The SMILES string of the molecule is CC1(C)O[C@H]2C[C@H]3[C@@H](C[C@H]2O1)[C@H]1CN3Cc2cc3c(cc21)OCO3. The van der Waals surface area contributed by atoms with Crippen LogP contribution in [0.2, 0.25) is 0 Å². The van der Waals surface area contributed by atoms with E-state index in [1.54, 1.807) is 0 Å². The quantitative estimate of drug-likeness (QED) is 0.732. The van der Waals surface area contributed by atoms with Gasteiger partial charge in [0, 0.05) is 25.0 Å². The van der Waals surface area contributed by atoms with Gasteiger partial charge in [-0.2, -0.15) is 0 Å². The van der Waals surface area contributed by atoms with E-state index in [-0.39, 0.29) is 12.2 Å². The number of benzene rings is 1. The van der Waals surface area contributed by atoms with E-state index in [2.05, 4.69) is 17.0 Å². The molecule has 0 spiro atoms. The fraction of sp³-hybridized carbons (Fsp3) is 0.684. The van der Waals surface area contributed by atoms with Crippen LogP contribution in [0.25, 0.3) is 0 Å². The molecule has 2 saturated heterocycles. The molecule has 3 fully saturated rings. The maximum atomic E-state index is 6.19. The van der Waals surface area contributed by atoms with Crippen molar-refractivity contribution in [2.45, 2.75) is 63.2 Å². The Kier molecular flexibility index (Phi) is 2.58. The van der Waals surface area contributed by atoms with Crippen molar-refractivity contribution >= 4 is 0 Å². The van der Waals surface area contributed by atoms with Crippen LogP contribution < -0.4 is 9.47 Å². The highest BCUT2D eigenvalue weighted by Gasteiger charge is 2.55. The summed E-state index contributed by atoms with van der Waals surface area (Å²) in [7, 11) is 0. The highest BCUT2D eigenvalue weighted by molar-refractivity contribution is 5.51. The number of ether oxygens (including phenoxy) is 4. The highest BCUT2D eigenvalue weighted by atomic mass is 16.8.